The molecule has 1 heteroatoms. The summed E-state index contributed by atoms with van der Waals surface area (Å²) < 4.78 is 0. The van der Waals surface area contributed by atoms with Gasteiger partial charge in [0, 0.05) is 17.9 Å². The van der Waals surface area contributed by atoms with Crippen molar-refractivity contribution in [1.29, 1.82) is 0 Å². The summed E-state index contributed by atoms with van der Waals surface area (Å²) in [6, 6.07) is 8.84. The molecule has 89 valence electrons. The van der Waals surface area contributed by atoms with Gasteiger partial charge in [-0.2, -0.15) is 0 Å². The second-order valence-electron chi connectivity index (χ2n) is 5.29. The Morgan fingerprint density at radius 1 is 1.29 bits per heavy atom. The van der Waals surface area contributed by atoms with Crippen molar-refractivity contribution in [2.24, 2.45) is 5.73 Å². The Hall–Kier alpha value is -1.34. The Bertz CT molecular complexity index is 423. The molecule has 1 nitrogen and oxygen atoms in total. The smallest absolute Gasteiger partial charge is 0.00617 e. The van der Waals surface area contributed by atoms with Crippen molar-refractivity contribution in [1.82, 2.24) is 0 Å². The number of benzene rings is 1. The van der Waals surface area contributed by atoms with Crippen LogP contribution in [0.3, 0.4) is 0 Å². The van der Waals surface area contributed by atoms with E-state index in [9.17, 15) is 0 Å². The molecule has 0 aromatic heterocycles. The SMILES string of the molecule is CC(C)(CN)c1ccc(C2C=[C]C=CC2)cc1. The van der Waals surface area contributed by atoms with E-state index in [1.807, 2.05) is 6.08 Å². The van der Waals surface area contributed by atoms with Gasteiger partial charge in [0.05, 0.1) is 0 Å². The highest BCUT2D eigenvalue weighted by molar-refractivity contribution is 5.33. The molecule has 0 fully saturated rings. The molecule has 0 amide bonds. The largest absolute Gasteiger partial charge is 0.330 e. The summed E-state index contributed by atoms with van der Waals surface area (Å²) in [6.45, 7) is 5.03. The van der Waals surface area contributed by atoms with Crippen molar-refractivity contribution in [2.45, 2.75) is 31.6 Å². The van der Waals surface area contributed by atoms with Crippen LogP contribution in [0.2, 0.25) is 0 Å². The van der Waals surface area contributed by atoms with Crippen LogP contribution < -0.4 is 5.73 Å². The summed E-state index contributed by atoms with van der Waals surface area (Å²) >= 11 is 0. The minimum Gasteiger partial charge on any atom is -0.330 e. The van der Waals surface area contributed by atoms with Crippen LogP contribution >= 0.6 is 0 Å². The van der Waals surface area contributed by atoms with Crippen molar-refractivity contribution in [3.05, 3.63) is 59.7 Å². The summed E-state index contributed by atoms with van der Waals surface area (Å²) in [5.41, 5.74) is 8.52. The van der Waals surface area contributed by atoms with Gasteiger partial charge in [-0.15, -0.1) is 0 Å². The molecule has 0 aliphatic heterocycles. The molecule has 0 spiro atoms. The van der Waals surface area contributed by atoms with Gasteiger partial charge in [-0.1, -0.05) is 56.3 Å². The van der Waals surface area contributed by atoms with E-state index in [0.717, 1.165) is 6.42 Å². The molecule has 2 N–H and O–H groups in total. The number of rotatable bonds is 3. The predicted octanol–water partition coefficient (Wildman–Crippen LogP) is 3.33. The first-order valence-electron chi connectivity index (χ1n) is 6.18. The summed E-state index contributed by atoms with van der Waals surface area (Å²) in [7, 11) is 0. The molecule has 1 aromatic rings. The summed E-state index contributed by atoms with van der Waals surface area (Å²) in [5, 5.41) is 0. The maximum atomic E-state index is 5.79. The Balaban J connectivity index is 2.18. The van der Waals surface area contributed by atoms with Gasteiger partial charge in [0.1, 0.15) is 0 Å². The van der Waals surface area contributed by atoms with Gasteiger partial charge in [-0.05, 0) is 23.6 Å². The molecular weight excluding hydrogens is 206 g/mol. The Kier molecular flexibility index (Phi) is 3.49. The van der Waals surface area contributed by atoms with Gasteiger partial charge in [0.15, 0.2) is 0 Å². The average molecular weight is 226 g/mol. The Morgan fingerprint density at radius 3 is 2.53 bits per heavy atom. The molecule has 0 heterocycles. The molecule has 1 atom stereocenters. The van der Waals surface area contributed by atoms with Gasteiger partial charge in [-0.3, -0.25) is 0 Å². The zero-order valence-electron chi connectivity index (χ0n) is 10.6. The third kappa shape index (κ3) is 2.67. The monoisotopic (exact) mass is 226 g/mol. The van der Waals surface area contributed by atoms with E-state index in [-0.39, 0.29) is 5.41 Å². The summed E-state index contributed by atoms with van der Waals surface area (Å²) in [5.74, 6) is 0.482. The quantitative estimate of drug-likeness (QED) is 0.840. The molecule has 1 unspecified atom stereocenters. The molecule has 0 saturated carbocycles. The Labute approximate surface area is 104 Å². The zero-order valence-corrected chi connectivity index (χ0v) is 10.6. The molecule has 2 rings (SSSR count). The van der Waals surface area contributed by atoms with Crippen LogP contribution in [0, 0.1) is 6.08 Å². The van der Waals surface area contributed by atoms with Crippen LogP contribution in [0.15, 0.2) is 42.5 Å². The summed E-state index contributed by atoms with van der Waals surface area (Å²) in [6.07, 6.45) is 10.5. The van der Waals surface area contributed by atoms with E-state index in [4.69, 9.17) is 5.73 Å². The predicted molar refractivity (Wildman–Crippen MR) is 72.8 cm³/mol. The minimum absolute atomic E-state index is 0.0625. The van der Waals surface area contributed by atoms with E-state index < -0.39 is 0 Å². The third-order valence-electron chi connectivity index (χ3n) is 3.53. The van der Waals surface area contributed by atoms with E-state index in [2.05, 4.69) is 56.3 Å². The maximum absolute atomic E-state index is 5.79. The fourth-order valence-electron chi connectivity index (χ4n) is 2.05. The highest BCUT2D eigenvalue weighted by Gasteiger charge is 2.18. The zero-order chi connectivity index (χ0) is 12.3. The van der Waals surface area contributed by atoms with Crippen LogP contribution in [-0.2, 0) is 5.41 Å². The van der Waals surface area contributed by atoms with Gasteiger partial charge < -0.3 is 5.73 Å². The van der Waals surface area contributed by atoms with Crippen LogP contribution in [-0.4, -0.2) is 6.54 Å². The molecule has 1 aliphatic carbocycles. The molecule has 1 aromatic carbocycles. The molecular formula is C16H20N. The maximum Gasteiger partial charge on any atom is 0.00617 e. The summed E-state index contributed by atoms with van der Waals surface area (Å²) in [4.78, 5) is 0. The van der Waals surface area contributed by atoms with Gasteiger partial charge >= 0.3 is 0 Å². The molecule has 1 aliphatic rings. The number of hydrogen-bond donors (Lipinski definition) is 1. The molecule has 17 heavy (non-hydrogen) atoms. The van der Waals surface area contributed by atoms with E-state index in [1.165, 1.54) is 11.1 Å². The first kappa shape index (κ1) is 12.1. The highest BCUT2D eigenvalue weighted by Crippen LogP contribution is 2.27. The van der Waals surface area contributed by atoms with Crippen molar-refractivity contribution >= 4 is 0 Å². The lowest BCUT2D eigenvalue weighted by molar-refractivity contribution is 0.539. The first-order valence-corrected chi connectivity index (χ1v) is 6.18. The second-order valence-corrected chi connectivity index (χ2v) is 5.29. The first-order chi connectivity index (χ1) is 8.13. The van der Waals surface area contributed by atoms with Crippen molar-refractivity contribution in [3.8, 4) is 0 Å². The third-order valence-corrected chi connectivity index (χ3v) is 3.53. The Morgan fingerprint density at radius 2 is 2.00 bits per heavy atom. The lowest BCUT2D eigenvalue weighted by atomic mass is 9.83. The van der Waals surface area contributed by atoms with Gasteiger partial charge in [0.2, 0.25) is 0 Å². The second kappa shape index (κ2) is 4.89. The van der Waals surface area contributed by atoms with E-state index in [0.29, 0.717) is 12.5 Å². The topological polar surface area (TPSA) is 26.0 Å². The standard InChI is InChI=1S/C16H20N/c1-16(2,12-17)15-10-8-14(9-11-15)13-6-4-3-5-7-13/h3-4,7-11,13H,6,12,17H2,1-2H3. The van der Waals surface area contributed by atoms with Gasteiger partial charge in [0.25, 0.3) is 0 Å². The average Bonchev–Trinajstić information content (AvgIpc) is 2.40. The highest BCUT2D eigenvalue weighted by atomic mass is 14.6. The minimum atomic E-state index is 0.0625. The van der Waals surface area contributed by atoms with Crippen LogP contribution in [0.25, 0.3) is 0 Å². The number of hydrogen-bond acceptors (Lipinski definition) is 1. The lowest BCUT2D eigenvalue weighted by Gasteiger charge is -2.24. The van der Waals surface area contributed by atoms with Crippen molar-refractivity contribution < 1.29 is 0 Å². The molecule has 0 bridgehead atoms. The fourth-order valence-corrected chi connectivity index (χ4v) is 2.05. The van der Waals surface area contributed by atoms with Crippen LogP contribution in [0.4, 0.5) is 0 Å². The molecule has 1 radical (unpaired) electrons. The van der Waals surface area contributed by atoms with Crippen molar-refractivity contribution in [2.75, 3.05) is 6.54 Å². The fraction of sp³-hybridized carbons (Fsp3) is 0.375. The normalized spacial score (nSPS) is 19.6. The number of allylic oxidation sites excluding steroid dienone is 4. The van der Waals surface area contributed by atoms with E-state index in [1.54, 1.807) is 0 Å². The lowest BCUT2D eigenvalue weighted by Crippen LogP contribution is -2.27. The van der Waals surface area contributed by atoms with Gasteiger partial charge in [-0.25, -0.2) is 0 Å². The van der Waals surface area contributed by atoms with Crippen molar-refractivity contribution in [3.63, 3.8) is 0 Å². The molecule has 0 saturated heterocycles. The van der Waals surface area contributed by atoms with Crippen LogP contribution in [0.5, 0.6) is 0 Å². The van der Waals surface area contributed by atoms with Crippen LogP contribution in [0.1, 0.15) is 37.3 Å². The number of nitrogens with two attached hydrogens (primary N) is 1. The van der Waals surface area contributed by atoms with E-state index >= 15 is 0 Å².